The predicted octanol–water partition coefficient (Wildman–Crippen LogP) is 2.96. The first-order valence-corrected chi connectivity index (χ1v) is 4.04. The summed E-state index contributed by atoms with van der Waals surface area (Å²) in [6.45, 7) is 0. The summed E-state index contributed by atoms with van der Waals surface area (Å²) in [5, 5.41) is 1.17. The summed E-state index contributed by atoms with van der Waals surface area (Å²) in [7, 11) is 0. The summed E-state index contributed by atoms with van der Waals surface area (Å²) in [5.41, 5.74) is 1.98. The van der Waals surface area contributed by atoms with Crippen LogP contribution in [-0.4, -0.2) is 4.98 Å². The molecule has 1 aliphatic carbocycles. The van der Waals surface area contributed by atoms with E-state index >= 15 is 0 Å². The van der Waals surface area contributed by atoms with Gasteiger partial charge in [-0.05, 0) is 18.6 Å². The maximum atomic E-state index is 5.91. The first-order valence-electron chi connectivity index (χ1n) is 3.29. The SMILES string of the molecule is Clc1cc(Cl)c2c(n1)C=CC2. The molecule has 3 heteroatoms. The van der Waals surface area contributed by atoms with E-state index in [1.54, 1.807) is 6.07 Å². The van der Waals surface area contributed by atoms with Crippen LogP contribution in [0.2, 0.25) is 10.2 Å². The molecule has 1 aliphatic rings. The van der Waals surface area contributed by atoms with Gasteiger partial charge in [0.25, 0.3) is 0 Å². The fourth-order valence-electron chi connectivity index (χ4n) is 1.16. The van der Waals surface area contributed by atoms with Gasteiger partial charge in [-0.15, -0.1) is 0 Å². The summed E-state index contributed by atoms with van der Waals surface area (Å²) in [6, 6.07) is 1.68. The maximum Gasteiger partial charge on any atom is 0.131 e. The van der Waals surface area contributed by atoms with E-state index in [1.165, 1.54) is 0 Å². The van der Waals surface area contributed by atoms with Crippen molar-refractivity contribution in [1.29, 1.82) is 0 Å². The third-order valence-electron chi connectivity index (χ3n) is 1.67. The van der Waals surface area contributed by atoms with E-state index in [4.69, 9.17) is 23.2 Å². The van der Waals surface area contributed by atoms with Crippen LogP contribution in [-0.2, 0) is 6.42 Å². The van der Waals surface area contributed by atoms with Crippen LogP contribution in [0, 0.1) is 0 Å². The van der Waals surface area contributed by atoms with Gasteiger partial charge in [-0.2, -0.15) is 0 Å². The molecule has 1 aromatic rings. The van der Waals surface area contributed by atoms with Crippen molar-refractivity contribution in [3.8, 4) is 0 Å². The minimum Gasteiger partial charge on any atom is -0.236 e. The number of fused-ring (bicyclic) bond motifs is 1. The second kappa shape index (κ2) is 2.50. The highest BCUT2D eigenvalue weighted by molar-refractivity contribution is 6.34. The molecule has 1 aromatic heterocycles. The van der Waals surface area contributed by atoms with Crippen LogP contribution < -0.4 is 0 Å². The molecule has 0 aliphatic heterocycles. The zero-order valence-electron chi connectivity index (χ0n) is 5.64. The van der Waals surface area contributed by atoms with E-state index in [0.29, 0.717) is 10.2 Å². The summed E-state index contributed by atoms with van der Waals surface area (Å²) in [5.74, 6) is 0. The Hall–Kier alpha value is -0.530. The molecule has 11 heavy (non-hydrogen) atoms. The van der Waals surface area contributed by atoms with Crippen molar-refractivity contribution in [3.05, 3.63) is 33.6 Å². The van der Waals surface area contributed by atoms with Crippen LogP contribution in [0.4, 0.5) is 0 Å². The van der Waals surface area contributed by atoms with Crippen molar-refractivity contribution in [3.63, 3.8) is 0 Å². The van der Waals surface area contributed by atoms with E-state index < -0.39 is 0 Å². The molecule has 0 atom stereocenters. The van der Waals surface area contributed by atoms with Gasteiger partial charge in [0.15, 0.2) is 0 Å². The van der Waals surface area contributed by atoms with Crippen molar-refractivity contribution in [2.24, 2.45) is 0 Å². The molecule has 0 unspecified atom stereocenters. The zero-order chi connectivity index (χ0) is 7.84. The number of rotatable bonds is 0. The van der Waals surface area contributed by atoms with Crippen molar-refractivity contribution in [2.45, 2.75) is 6.42 Å². The molecule has 1 heterocycles. The van der Waals surface area contributed by atoms with Gasteiger partial charge in [-0.1, -0.05) is 29.3 Å². The van der Waals surface area contributed by atoms with Crippen molar-refractivity contribution < 1.29 is 0 Å². The van der Waals surface area contributed by atoms with Crippen LogP contribution in [0.15, 0.2) is 12.1 Å². The Morgan fingerprint density at radius 2 is 2.18 bits per heavy atom. The molecule has 1 nitrogen and oxygen atoms in total. The highest BCUT2D eigenvalue weighted by Gasteiger charge is 2.11. The lowest BCUT2D eigenvalue weighted by atomic mass is 10.2. The first-order chi connectivity index (χ1) is 5.27. The van der Waals surface area contributed by atoms with E-state index in [-0.39, 0.29) is 0 Å². The minimum absolute atomic E-state index is 0.459. The summed E-state index contributed by atoms with van der Waals surface area (Å²) < 4.78 is 0. The normalized spacial score (nSPS) is 13.6. The minimum atomic E-state index is 0.459. The largest absolute Gasteiger partial charge is 0.236 e. The molecule has 0 spiro atoms. The number of hydrogen-bond acceptors (Lipinski definition) is 1. The Balaban J connectivity index is 2.66. The standard InChI is InChI=1S/C8H5Cl2N/c9-6-4-8(10)11-7-3-1-2-5(6)7/h1,3-4H,2H2. The van der Waals surface area contributed by atoms with Gasteiger partial charge in [-0.3, -0.25) is 0 Å². The smallest absolute Gasteiger partial charge is 0.131 e. The highest BCUT2D eigenvalue weighted by Crippen LogP contribution is 2.27. The summed E-state index contributed by atoms with van der Waals surface area (Å²) >= 11 is 11.6. The van der Waals surface area contributed by atoms with Gasteiger partial charge in [0.05, 0.1) is 5.69 Å². The molecule has 0 aromatic carbocycles. The van der Waals surface area contributed by atoms with Gasteiger partial charge in [-0.25, -0.2) is 4.98 Å². The molecule has 0 N–H and O–H groups in total. The molecule has 0 radical (unpaired) electrons. The third-order valence-corrected chi connectivity index (χ3v) is 2.20. The highest BCUT2D eigenvalue weighted by atomic mass is 35.5. The molecule has 2 rings (SSSR count). The Kier molecular flexibility index (Phi) is 1.63. The zero-order valence-corrected chi connectivity index (χ0v) is 7.15. The van der Waals surface area contributed by atoms with E-state index in [1.807, 2.05) is 12.2 Å². The van der Waals surface area contributed by atoms with Gasteiger partial charge in [0.2, 0.25) is 0 Å². The molecular weight excluding hydrogens is 181 g/mol. The fourth-order valence-corrected chi connectivity index (χ4v) is 1.69. The Bertz CT molecular complexity index is 331. The Morgan fingerprint density at radius 1 is 1.36 bits per heavy atom. The lowest BCUT2D eigenvalue weighted by Gasteiger charge is -2.00. The molecule has 0 amide bonds. The number of pyridine rings is 1. The number of hydrogen-bond donors (Lipinski definition) is 0. The Labute approximate surface area is 74.7 Å². The lowest BCUT2D eigenvalue weighted by molar-refractivity contribution is 1.21. The Morgan fingerprint density at radius 3 is 3.00 bits per heavy atom. The molecule has 0 saturated heterocycles. The third kappa shape index (κ3) is 1.15. The van der Waals surface area contributed by atoms with Crippen LogP contribution in [0.1, 0.15) is 11.3 Å². The van der Waals surface area contributed by atoms with Crippen LogP contribution in [0.25, 0.3) is 6.08 Å². The quantitative estimate of drug-likeness (QED) is 0.567. The number of allylic oxidation sites excluding steroid dienone is 1. The average molecular weight is 186 g/mol. The molecule has 56 valence electrons. The van der Waals surface area contributed by atoms with Crippen LogP contribution >= 0.6 is 23.2 Å². The maximum absolute atomic E-state index is 5.91. The number of halogens is 2. The van der Waals surface area contributed by atoms with E-state index in [9.17, 15) is 0 Å². The van der Waals surface area contributed by atoms with E-state index in [2.05, 4.69) is 4.98 Å². The lowest BCUT2D eigenvalue weighted by Crippen LogP contribution is -1.87. The molecule has 0 fully saturated rings. The number of aromatic nitrogens is 1. The van der Waals surface area contributed by atoms with E-state index in [0.717, 1.165) is 17.7 Å². The second-order valence-electron chi connectivity index (χ2n) is 2.40. The summed E-state index contributed by atoms with van der Waals surface area (Å²) in [4.78, 5) is 4.11. The second-order valence-corrected chi connectivity index (χ2v) is 3.19. The van der Waals surface area contributed by atoms with Gasteiger partial charge in [0, 0.05) is 10.6 Å². The van der Waals surface area contributed by atoms with Crippen molar-refractivity contribution >= 4 is 29.3 Å². The average Bonchev–Trinajstić information content (AvgIpc) is 2.34. The van der Waals surface area contributed by atoms with Crippen LogP contribution in [0.5, 0.6) is 0 Å². The van der Waals surface area contributed by atoms with Crippen molar-refractivity contribution in [1.82, 2.24) is 4.98 Å². The van der Waals surface area contributed by atoms with Gasteiger partial charge >= 0.3 is 0 Å². The van der Waals surface area contributed by atoms with Crippen molar-refractivity contribution in [2.75, 3.05) is 0 Å². The molecule has 0 saturated carbocycles. The first kappa shape index (κ1) is 7.14. The summed E-state index contributed by atoms with van der Waals surface area (Å²) in [6.07, 6.45) is 4.84. The predicted molar refractivity (Wildman–Crippen MR) is 47.0 cm³/mol. The van der Waals surface area contributed by atoms with Crippen LogP contribution in [0.3, 0.4) is 0 Å². The monoisotopic (exact) mass is 185 g/mol. The topological polar surface area (TPSA) is 12.9 Å². The molecule has 0 bridgehead atoms. The van der Waals surface area contributed by atoms with Gasteiger partial charge < -0.3 is 0 Å². The molecular formula is C8H5Cl2N. The number of nitrogens with zero attached hydrogens (tertiary/aromatic N) is 1. The fraction of sp³-hybridized carbons (Fsp3) is 0.125. The van der Waals surface area contributed by atoms with Gasteiger partial charge in [0.1, 0.15) is 5.15 Å².